The highest BCUT2D eigenvalue weighted by Gasteiger charge is 2.41. The highest BCUT2D eigenvalue weighted by molar-refractivity contribution is 5.90. The lowest BCUT2D eigenvalue weighted by Crippen LogP contribution is -2.42. The van der Waals surface area contributed by atoms with E-state index in [-0.39, 0.29) is 24.3 Å². The Labute approximate surface area is 140 Å². The van der Waals surface area contributed by atoms with Gasteiger partial charge in [0.2, 0.25) is 5.91 Å². The van der Waals surface area contributed by atoms with Gasteiger partial charge >= 0.3 is 5.97 Å². The van der Waals surface area contributed by atoms with E-state index in [1.165, 1.54) is 7.11 Å². The van der Waals surface area contributed by atoms with Crippen molar-refractivity contribution in [3.05, 3.63) is 30.0 Å². The monoisotopic (exact) mass is 330 g/mol. The molecule has 3 rings (SSSR count). The molecule has 7 heteroatoms. The molecule has 0 unspecified atom stereocenters. The Morgan fingerprint density at radius 2 is 2.12 bits per heavy atom. The lowest BCUT2D eigenvalue weighted by atomic mass is 10.1. The number of carbonyl (C=O) groups excluding carboxylic acids is 2. The minimum Gasteiger partial charge on any atom is -0.467 e. The Balaban J connectivity index is 1.80. The van der Waals surface area contributed by atoms with E-state index in [1.807, 2.05) is 43.3 Å². The summed E-state index contributed by atoms with van der Waals surface area (Å²) in [7, 11) is 5.27. The summed E-state index contributed by atoms with van der Waals surface area (Å²) >= 11 is 0. The van der Waals surface area contributed by atoms with Crippen LogP contribution < -0.4 is 0 Å². The summed E-state index contributed by atoms with van der Waals surface area (Å²) in [6.45, 7) is 0.525. The Morgan fingerprint density at radius 3 is 2.83 bits per heavy atom. The van der Waals surface area contributed by atoms with Crippen molar-refractivity contribution in [2.75, 3.05) is 27.7 Å². The number of nitrogens with zero attached hydrogens (tertiary/aromatic N) is 3. The van der Waals surface area contributed by atoms with Crippen molar-refractivity contribution in [1.29, 1.82) is 0 Å². The number of hydrogen-bond acceptors (Lipinski definition) is 5. The molecule has 2 aromatic rings. The summed E-state index contributed by atoms with van der Waals surface area (Å²) in [5, 5.41) is 8.09. The molecule has 0 aliphatic carbocycles. The van der Waals surface area contributed by atoms with Gasteiger partial charge < -0.3 is 14.5 Å². The van der Waals surface area contributed by atoms with Crippen LogP contribution in [0.25, 0.3) is 10.9 Å². The van der Waals surface area contributed by atoms with E-state index in [2.05, 4.69) is 10.2 Å². The molecule has 1 saturated heterocycles. The van der Waals surface area contributed by atoms with Crippen LogP contribution in [0, 0.1) is 0 Å². The summed E-state index contributed by atoms with van der Waals surface area (Å²) in [6.07, 6.45) is 0.781. The van der Waals surface area contributed by atoms with Crippen molar-refractivity contribution in [3.63, 3.8) is 0 Å². The standard InChI is InChI=1S/C17H22N4O3/c1-20(2)11-8-15(17(23)24-3)21(10-11)16(22)9-14-12-6-4-5-7-13(12)18-19-14/h4-7,11,15H,8-10H2,1-3H3,(H,18,19)/t11-,15+/m1/s1. The van der Waals surface area contributed by atoms with Crippen LogP contribution in [0.15, 0.2) is 24.3 Å². The number of aromatic nitrogens is 2. The SMILES string of the molecule is COC(=O)[C@@H]1C[C@@H](N(C)C)CN1C(=O)Cc1[nH]nc2ccccc12. The maximum absolute atomic E-state index is 12.8. The summed E-state index contributed by atoms with van der Waals surface area (Å²) in [6, 6.07) is 7.28. The van der Waals surface area contributed by atoms with Crippen LogP contribution >= 0.6 is 0 Å². The number of likely N-dealkylation sites (tertiary alicyclic amines) is 1. The molecular weight excluding hydrogens is 308 g/mol. The van der Waals surface area contributed by atoms with Crippen LogP contribution in [0.1, 0.15) is 12.1 Å². The summed E-state index contributed by atoms with van der Waals surface area (Å²) in [5.74, 6) is -0.452. The number of amides is 1. The number of likely N-dealkylation sites (N-methyl/N-ethyl adjacent to an activating group) is 1. The van der Waals surface area contributed by atoms with Crippen molar-refractivity contribution in [3.8, 4) is 0 Å². The normalized spacial score (nSPS) is 20.8. The molecule has 1 aliphatic rings. The maximum atomic E-state index is 12.8. The summed E-state index contributed by atoms with van der Waals surface area (Å²) < 4.78 is 4.88. The fraction of sp³-hybridized carbons (Fsp3) is 0.471. The average Bonchev–Trinajstić information content (AvgIpc) is 3.19. The number of para-hydroxylation sites is 1. The minimum absolute atomic E-state index is 0.0934. The Kier molecular flexibility index (Phi) is 4.53. The second-order valence-electron chi connectivity index (χ2n) is 6.33. The lowest BCUT2D eigenvalue weighted by Gasteiger charge is -2.23. The minimum atomic E-state index is -0.524. The van der Waals surface area contributed by atoms with E-state index in [0.29, 0.717) is 13.0 Å². The number of H-pyrrole nitrogens is 1. The molecule has 1 N–H and O–H groups in total. The Bertz CT molecular complexity index is 755. The van der Waals surface area contributed by atoms with Gasteiger partial charge in [-0.3, -0.25) is 9.89 Å². The first-order valence-corrected chi connectivity index (χ1v) is 7.97. The number of ether oxygens (including phenoxy) is 1. The molecular formula is C17H22N4O3. The smallest absolute Gasteiger partial charge is 0.328 e. The largest absolute Gasteiger partial charge is 0.467 e. The van der Waals surface area contributed by atoms with Gasteiger partial charge in [-0.05, 0) is 26.6 Å². The predicted molar refractivity (Wildman–Crippen MR) is 89.4 cm³/mol. The Hall–Kier alpha value is -2.41. The van der Waals surface area contributed by atoms with E-state index in [1.54, 1.807) is 4.90 Å². The van der Waals surface area contributed by atoms with E-state index in [0.717, 1.165) is 16.6 Å². The van der Waals surface area contributed by atoms with Gasteiger partial charge in [-0.2, -0.15) is 5.10 Å². The molecule has 0 saturated carbocycles. The summed E-state index contributed by atoms with van der Waals surface area (Å²) in [4.78, 5) is 28.5. The van der Waals surface area contributed by atoms with Crippen LogP contribution in [0.3, 0.4) is 0 Å². The zero-order chi connectivity index (χ0) is 17.3. The molecule has 0 spiro atoms. The van der Waals surface area contributed by atoms with Crippen LogP contribution in [-0.4, -0.2) is 71.7 Å². The van der Waals surface area contributed by atoms with Gasteiger partial charge in [0.15, 0.2) is 0 Å². The molecule has 0 bridgehead atoms. The molecule has 1 aliphatic heterocycles. The van der Waals surface area contributed by atoms with Gasteiger partial charge in [0.1, 0.15) is 6.04 Å². The number of carbonyl (C=O) groups is 2. The average molecular weight is 330 g/mol. The lowest BCUT2D eigenvalue weighted by molar-refractivity contribution is -0.150. The predicted octanol–water partition coefficient (Wildman–Crippen LogP) is 0.810. The molecule has 2 atom stereocenters. The number of hydrogen-bond donors (Lipinski definition) is 1. The third-order valence-corrected chi connectivity index (χ3v) is 4.67. The molecule has 0 radical (unpaired) electrons. The van der Waals surface area contributed by atoms with Crippen LogP contribution in [0.4, 0.5) is 0 Å². The number of esters is 1. The maximum Gasteiger partial charge on any atom is 0.328 e. The number of nitrogens with one attached hydrogen (secondary N) is 1. The fourth-order valence-electron chi connectivity index (χ4n) is 3.22. The molecule has 7 nitrogen and oxygen atoms in total. The molecule has 1 aromatic heterocycles. The van der Waals surface area contributed by atoms with Gasteiger partial charge in [0.25, 0.3) is 0 Å². The van der Waals surface area contributed by atoms with Crippen molar-refractivity contribution in [2.24, 2.45) is 0 Å². The third-order valence-electron chi connectivity index (χ3n) is 4.67. The molecule has 128 valence electrons. The Morgan fingerprint density at radius 1 is 1.38 bits per heavy atom. The van der Waals surface area contributed by atoms with Gasteiger partial charge in [-0.1, -0.05) is 18.2 Å². The molecule has 1 fully saturated rings. The topological polar surface area (TPSA) is 78.5 Å². The second-order valence-corrected chi connectivity index (χ2v) is 6.33. The molecule has 1 amide bonds. The highest BCUT2D eigenvalue weighted by atomic mass is 16.5. The van der Waals surface area contributed by atoms with Gasteiger partial charge in [0.05, 0.1) is 24.7 Å². The van der Waals surface area contributed by atoms with Crippen molar-refractivity contribution >= 4 is 22.8 Å². The van der Waals surface area contributed by atoms with E-state index in [4.69, 9.17) is 4.74 Å². The van der Waals surface area contributed by atoms with Crippen LogP contribution in [0.5, 0.6) is 0 Å². The van der Waals surface area contributed by atoms with Crippen molar-refractivity contribution in [2.45, 2.75) is 24.9 Å². The number of rotatable bonds is 4. The zero-order valence-electron chi connectivity index (χ0n) is 14.2. The van der Waals surface area contributed by atoms with Gasteiger partial charge in [0, 0.05) is 18.0 Å². The van der Waals surface area contributed by atoms with Gasteiger partial charge in [-0.25, -0.2) is 4.79 Å². The molecule has 24 heavy (non-hydrogen) atoms. The quantitative estimate of drug-likeness (QED) is 0.840. The first kappa shape index (κ1) is 16.4. The fourth-order valence-corrected chi connectivity index (χ4v) is 3.22. The first-order valence-electron chi connectivity index (χ1n) is 7.97. The molecule has 1 aromatic carbocycles. The summed E-state index contributed by atoms with van der Waals surface area (Å²) in [5.41, 5.74) is 1.60. The molecule has 2 heterocycles. The number of fused-ring (bicyclic) bond motifs is 1. The van der Waals surface area contributed by atoms with Crippen molar-refractivity contribution in [1.82, 2.24) is 20.0 Å². The number of aromatic amines is 1. The first-order chi connectivity index (χ1) is 11.5. The van der Waals surface area contributed by atoms with E-state index in [9.17, 15) is 9.59 Å². The van der Waals surface area contributed by atoms with Crippen LogP contribution in [0.2, 0.25) is 0 Å². The van der Waals surface area contributed by atoms with Crippen LogP contribution in [-0.2, 0) is 20.7 Å². The number of methoxy groups -OCH3 is 1. The second kappa shape index (κ2) is 6.60. The highest BCUT2D eigenvalue weighted by Crippen LogP contribution is 2.24. The zero-order valence-corrected chi connectivity index (χ0v) is 14.2. The van der Waals surface area contributed by atoms with E-state index < -0.39 is 6.04 Å². The third kappa shape index (κ3) is 2.99. The van der Waals surface area contributed by atoms with Gasteiger partial charge in [-0.15, -0.1) is 0 Å². The number of benzene rings is 1. The van der Waals surface area contributed by atoms with Crippen molar-refractivity contribution < 1.29 is 14.3 Å². The van der Waals surface area contributed by atoms with E-state index >= 15 is 0 Å².